The normalized spacial score (nSPS) is 16.2. The third kappa shape index (κ3) is 4.25. The van der Waals surface area contributed by atoms with Gasteiger partial charge in [0, 0.05) is 18.4 Å². The largest absolute Gasteiger partial charge is 0.491 e. The number of benzene rings is 2. The Hall–Kier alpha value is -3.11. The highest BCUT2D eigenvalue weighted by atomic mass is 16.6. The van der Waals surface area contributed by atoms with E-state index < -0.39 is 4.92 Å². The lowest BCUT2D eigenvalue weighted by atomic mass is 10.2. The summed E-state index contributed by atoms with van der Waals surface area (Å²) in [6.07, 6.45) is 2.24. The fraction of sp³-hybridized carbons (Fsp3) is 0.278. The number of hydrogen-bond acceptors (Lipinski definition) is 6. The summed E-state index contributed by atoms with van der Waals surface area (Å²) in [7, 11) is 0. The van der Waals surface area contributed by atoms with Crippen LogP contribution in [0.2, 0.25) is 0 Å². The molecule has 0 aromatic heterocycles. The Bertz CT molecular complexity index is 793. The van der Waals surface area contributed by atoms with Crippen LogP contribution in [0, 0.1) is 21.4 Å². The highest BCUT2D eigenvalue weighted by molar-refractivity contribution is 5.71. The van der Waals surface area contributed by atoms with Crippen molar-refractivity contribution in [1.82, 2.24) is 0 Å². The number of nitriles is 1. The predicted molar refractivity (Wildman–Crippen MR) is 92.0 cm³/mol. The van der Waals surface area contributed by atoms with E-state index in [1.807, 2.05) is 6.07 Å². The molecule has 3 rings (SSSR count). The molecule has 1 saturated heterocycles. The molecule has 0 saturated carbocycles. The summed E-state index contributed by atoms with van der Waals surface area (Å²) in [5.41, 5.74) is 1.13. The monoisotopic (exact) mass is 339 g/mol. The summed E-state index contributed by atoms with van der Waals surface area (Å²) in [6, 6.07) is 13.4. The summed E-state index contributed by atoms with van der Waals surface area (Å²) in [5, 5.41) is 23.0. The molecule has 2 aromatic rings. The Morgan fingerprint density at radius 2 is 2.12 bits per heavy atom. The van der Waals surface area contributed by atoms with Crippen molar-refractivity contribution in [2.24, 2.45) is 0 Å². The predicted octanol–water partition coefficient (Wildman–Crippen LogP) is 3.77. The van der Waals surface area contributed by atoms with Crippen LogP contribution in [0.5, 0.6) is 5.75 Å². The van der Waals surface area contributed by atoms with E-state index in [2.05, 4.69) is 5.32 Å². The van der Waals surface area contributed by atoms with Crippen LogP contribution in [-0.2, 0) is 4.74 Å². The lowest BCUT2D eigenvalue weighted by molar-refractivity contribution is -0.383. The van der Waals surface area contributed by atoms with Gasteiger partial charge in [-0.25, -0.2) is 0 Å². The molecule has 7 heteroatoms. The average molecular weight is 339 g/mol. The number of nitrogens with one attached hydrogen (secondary N) is 1. The number of ether oxygens (including phenoxy) is 2. The molecule has 0 radical (unpaired) electrons. The molecule has 25 heavy (non-hydrogen) atoms. The molecule has 0 aliphatic carbocycles. The van der Waals surface area contributed by atoms with E-state index in [-0.39, 0.29) is 17.4 Å². The Balaban J connectivity index is 1.67. The van der Waals surface area contributed by atoms with E-state index in [0.29, 0.717) is 18.0 Å². The van der Waals surface area contributed by atoms with E-state index in [4.69, 9.17) is 14.7 Å². The highest BCUT2D eigenvalue weighted by Gasteiger charge is 2.16. The molecule has 1 N–H and O–H groups in total. The average Bonchev–Trinajstić information content (AvgIpc) is 3.15. The third-order valence-electron chi connectivity index (χ3n) is 3.92. The Morgan fingerprint density at radius 1 is 1.32 bits per heavy atom. The van der Waals surface area contributed by atoms with Crippen LogP contribution >= 0.6 is 0 Å². The van der Waals surface area contributed by atoms with Gasteiger partial charge in [0.1, 0.15) is 18.0 Å². The van der Waals surface area contributed by atoms with Gasteiger partial charge in [0.2, 0.25) is 0 Å². The number of nitrogens with zero attached hydrogens (tertiary/aromatic N) is 2. The summed E-state index contributed by atoms with van der Waals surface area (Å²) in [4.78, 5) is 10.7. The van der Waals surface area contributed by atoms with E-state index >= 15 is 0 Å². The van der Waals surface area contributed by atoms with Crippen LogP contribution in [0.1, 0.15) is 18.4 Å². The van der Waals surface area contributed by atoms with Crippen molar-refractivity contribution in [2.75, 3.05) is 18.5 Å². The van der Waals surface area contributed by atoms with Crippen LogP contribution in [0.4, 0.5) is 17.1 Å². The Morgan fingerprint density at radius 3 is 2.76 bits per heavy atom. The van der Waals surface area contributed by atoms with Crippen molar-refractivity contribution in [3.8, 4) is 11.8 Å². The van der Waals surface area contributed by atoms with Crippen molar-refractivity contribution in [3.63, 3.8) is 0 Å². The maximum Gasteiger partial charge on any atom is 0.293 e. The molecule has 1 fully saturated rings. The second kappa shape index (κ2) is 7.64. The SMILES string of the molecule is N#Cc1ccc(Nc2ccc(OC[C@H]3CCCO3)cc2)c([N+](=O)[O-])c1. The quantitative estimate of drug-likeness (QED) is 0.635. The molecule has 2 aromatic carbocycles. The Labute approximate surface area is 144 Å². The number of nitro benzene ring substituents is 1. The molecule has 1 aliphatic rings. The zero-order valence-corrected chi connectivity index (χ0v) is 13.5. The van der Waals surface area contributed by atoms with Gasteiger partial charge in [-0.15, -0.1) is 0 Å². The van der Waals surface area contributed by atoms with Crippen LogP contribution in [0.3, 0.4) is 0 Å². The third-order valence-corrected chi connectivity index (χ3v) is 3.92. The van der Waals surface area contributed by atoms with E-state index in [9.17, 15) is 10.1 Å². The Kier molecular flexibility index (Phi) is 5.11. The number of hydrogen-bond donors (Lipinski definition) is 1. The molecule has 7 nitrogen and oxygen atoms in total. The second-order valence-electron chi connectivity index (χ2n) is 5.70. The molecule has 1 heterocycles. The zero-order valence-electron chi connectivity index (χ0n) is 13.5. The number of anilines is 2. The van der Waals surface area contributed by atoms with Crippen LogP contribution in [-0.4, -0.2) is 24.2 Å². The fourth-order valence-electron chi connectivity index (χ4n) is 2.61. The molecule has 1 aliphatic heterocycles. The molecule has 0 spiro atoms. The summed E-state index contributed by atoms with van der Waals surface area (Å²) in [5.74, 6) is 0.718. The lowest BCUT2D eigenvalue weighted by Crippen LogP contribution is -2.16. The molecule has 128 valence electrons. The minimum atomic E-state index is -0.512. The standard InChI is InChI=1S/C18H17N3O4/c19-11-13-3-8-17(18(10-13)21(22)23)20-14-4-6-15(7-5-14)25-12-16-2-1-9-24-16/h3-8,10,16,20H,1-2,9,12H2/t16-/m1/s1. The molecule has 0 unspecified atom stereocenters. The first-order valence-corrected chi connectivity index (χ1v) is 7.96. The van der Waals surface area contributed by atoms with Crippen LogP contribution in [0.15, 0.2) is 42.5 Å². The van der Waals surface area contributed by atoms with E-state index in [0.717, 1.165) is 25.2 Å². The number of rotatable bonds is 6. The van der Waals surface area contributed by atoms with Gasteiger partial charge in [-0.05, 0) is 49.2 Å². The first kappa shape index (κ1) is 16.7. The van der Waals surface area contributed by atoms with Crippen LogP contribution in [0.25, 0.3) is 0 Å². The highest BCUT2D eigenvalue weighted by Crippen LogP contribution is 2.29. The van der Waals surface area contributed by atoms with Gasteiger partial charge in [0.05, 0.1) is 22.7 Å². The van der Waals surface area contributed by atoms with Gasteiger partial charge in [-0.2, -0.15) is 5.26 Å². The van der Waals surface area contributed by atoms with Gasteiger partial charge < -0.3 is 14.8 Å². The minimum Gasteiger partial charge on any atom is -0.491 e. The van der Waals surface area contributed by atoms with Crippen molar-refractivity contribution in [2.45, 2.75) is 18.9 Å². The fourth-order valence-corrected chi connectivity index (χ4v) is 2.61. The molecule has 0 bridgehead atoms. The van der Waals surface area contributed by atoms with Crippen molar-refractivity contribution in [1.29, 1.82) is 5.26 Å². The van der Waals surface area contributed by atoms with E-state index in [1.165, 1.54) is 18.2 Å². The van der Waals surface area contributed by atoms with Crippen molar-refractivity contribution < 1.29 is 14.4 Å². The van der Waals surface area contributed by atoms with Gasteiger partial charge in [-0.3, -0.25) is 10.1 Å². The molecular formula is C18H17N3O4. The smallest absolute Gasteiger partial charge is 0.293 e. The molecule has 0 amide bonds. The zero-order chi connectivity index (χ0) is 17.6. The molecular weight excluding hydrogens is 322 g/mol. The lowest BCUT2D eigenvalue weighted by Gasteiger charge is -2.12. The van der Waals surface area contributed by atoms with Gasteiger partial charge in [0.25, 0.3) is 5.69 Å². The van der Waals surface area contributed by atoms with Crippen LogP contribution < -0.4 is 10.1 Å². The maximum absolute atomic E-state index is 11.2. The topological polar surface area (TPSA) is 97.4 Å². The second-order valence-corrected chi connectivity index (χ2v) is 5.70. The van der Waals surface area contributed by atoms with Crippen molar-refractivity contribution in [3.05, 3.63) is 58.1 Å². The summed E-state index contributed by atoms with van der Waals surface area (Å²) >= 11 is 0. The summed E-state index contributed by atoms with van der Waals surface area (Å²) in [6.45, 7) is 1.31. The first-order chi connectivity index (χ1) is 12.2. The maximum atomic E-state index is 11.2. The van der Waals surface area contributed by atoms with E-state index in [1.54, 1.807) is 24.3 Å². The van der Waals surface area contributed by atoms with Gasteiger partial charge in [-0.1, -0.05) is 0 Å². The minimum absolute atomic E-state index is 0.141. The molecule has 1 atom stereocenters. The van der Waals surface area contributed by atoms with Crippen molar-refractivity contribution >= 4 is 17.1 Å². The van der Waals surface area contributed by atoms with Gasteiger partial charge in [0.15, 0.2) is 0 Å². The number of nitro groups is 1. The summed E-state index contributed by atoms with van der Waals surface area (Å²) < 4.78 is 11.2. The first-order valence-electron chi connectivity index (χ1n) is 7.96. The van der Waals surface area contributed by atoms with Gasteiger partial charge >= 0.3 is 0 Å².